The lowest BCUT2D eigenvalue weighted by Gasteiger charge is -2.46. The highest BCUT2D eigenvalue weighted by Gasteiger charge is 2.67. The third kappa shape index (κ3) is 2.99. The maximum atomic E-state index is 13.6. The van der Waals surface area contributed by atoms with E-state index in [-0.39, 0.29) is 25.0 Å². The highest BCUT2D eigenvalue weighted by atomic mass is 32.1. The van der Waals surface area contributed by atoms with Gasteiger partial charge in [-0.1, -0.05) is 6.07 Å². The standard InChI is InChI=1S/C22H26N4O5S/c1-14-19(27)26-18(15-3-4-16-17(9-15)31-13-30-16)21(11-23,12-25-5-7-29-8-6-25)10-22(26,32)20(28)24(14)2/h3-4,9,14,18,32H,5-8,10,12-13H2,1-2H3/t14?,18-,21+,22-/m0/s1. The first-order chi connectivity index (χ1) is 15.3. The number of carbonyl (C=O) groups excluding carboxylic acids is 2. The molecule has 2 amide bonds. The van der Waals surface area contributed by atoms with Crippen LogP contribution in [-0.4, -0.2) is 84.1 Å². The van der Waals surface area contributed by atoms with Gasteiger partial charge in [-0.15, -0.1) is 12.6 Å². The third-order valence-corrected chi connectivity index (χ3v) is 7.69. The van der Waals surface area contributed by atoms with Crippen molar-refractivity contribution < 1.29 is 23.8 Å². The van der Waals surface area contributed by atoms with E-state index in [1.807, 2.05) is 12.1 Å². The number of nitrogens with zero attached hydrogens (tertiary/aromatic N) is 4. The van der Waals surface area contributed by atoms with Crippen LogP contribution in [0.1, 0.15) is 24.9 Å². The molecule has 4 heterocycles. The number of carbonyl (C=O) groups is 2. The minimum Gasteiger partial charge on any atom is -0.454 e. The molecule has 1 aromatic carbocycles. The first kappa shape index (κ1) is 21.4. The zero-order valence-corrected chi connectivity index (χ0v) is 19.0. The molecule has 4 aliphatic rings. The Morgan fingerprint density at radius 3 is 2.66 bits per heavy atom. The quantitative estimate of drug-likeness (QED) is 0.676. The van der Waals surface area contributed by atoms with Crippen LogP contribution >= 0.6 is 12.6 Å². The second-order valence-electron chi connectivity index (χ2n) is 8.97. The van der Waals surface area contributed by atoms with Gasteiger partial charge in [-0.2, -0.15) is 5.26 Å². The van der Waals surface area contributed by atoms with Crippen LogP contribution in [0.15, 0.2) is 18.2 Å². The largest absolute Gasteiger partial charge is 0.454 e. The molecule has 0 bridgehead atoms. The first-order valence-electron chi connectivity index (χ1n) is 10.7. The molecule has 0 radical (unpaired) electrons. The van der Waals surface area contributed by atoms with Gasteiger partial charge in [-0.3, -0.25) is 14.5 Å². The summed E-state index contributed by atoms with van der Waals surface area (Å²) in [4.78, 5) is 30.7. The number of ether oxygens (including phenoxy) is 3. The van der Waals surface area contributed by atoms with E-state index in [9.17, 15) is 14.9 Å². The van der Waals surface area contributed by atoms with Crippen LogP contribution in [0.25, 0.3) is 0 Å². The number of piperazine rings is 1. The normalized spacial score (nSPS) is 34.6. The van der Waals surface area contributed by atoms with E-state index in [0.717, 1.165) is 5.56 Å². The molecule has 4 aliphatic heterocycles. The third-order valence-electron chi connectivity index (χ3n) is 7.13. The van der Waals surface area contributed by atoms with Crippen LogP contribution in [0, 0.1) is 16.7 Å². The molecule has 10 heteroatoms. The van der Waals surface area contributed by atoms with Crippen molar-refractivity contribution in [3.05, 3.63) is 23.8 Å². The topological polar surface area (TPSA) is 95.3 Å². The van der Waals surface area contributed by atoms with E-state index in [0.29, 0.717) is 44.3 Å². The van der Waals surface area contributed by atoms with Gasteiger partial charge in [0.1, 0.15) is 6.04 Å². The minimum atomic E-state index is -1.40. The number of morpholine rings is 1. The van der Waals surface area contributed by atoms with Gasteiger partial charge >= 0.3 is 0 Å². The maximum absolute atomic E-state index is 13.6. The second-order valence-corrected chi connectivity index (χ2v) is 9.71. The molecule has 0 aliphatic carbocycles. The minimum absolute atomic E-state index is 0.125. The molecule has 4 atom stereocenters. The Labute approximate surface area is 192 Å². The number of rotatable bonds is 3. The van der Waals surface area contributed by atoms with Crippen LogP contribution in [0.3, 0.4) is 0 Å². The fourth-order valence-corrected chi connectivity index (χ4v) is 6.04. The predicted octanol–water partition coefficient (Wildman–Crippen LogP) is 1.02. The summed E-state index contributed by atoms with van der Waals surface area (Å²) < 4.78 is 16.5. The first-order valence-corrected chi connectivity index (χ1v) is 11.2. The molecule has 1 unspecified atom stereocenters. The lowest BCUT2D eigenvalue weighted by atomic mass is 9.76. The Balaban J connectivity index is 1.65. The Bertz CT molecular complexity index is 1010. The molecular weight excluding hydrogens is 432 g/mol. The summed E-state index contributed by atoms with van der Waals surface area (Å²) in [7, 11) is 1.62. The highest BCUT2D eigenvalue weighted by molar-refractivity contribution is 7.82. The lowest BCUT2D eigenvalue weighted by molar-refractivity contribution is -0.161. The maximum Gasteiger partial charge on any atom is 0.259 e. The van der Waals surface area contributed by atoms with Crippen molar-refractivity contribution in [3.8, 4) is 17.6 Å². The van der Waals surface area contributed by atoms with Crippen molar-refractivity contribution in [2.45, 2.75) is 30.3 Å². The van der Waals surface area contributed by atoms with Gasteiger partial charge in [-0.25, -0.2) is 0 Å². The molecular formula is C22H26N4O5S. The van der Waals surface area contributed by atoms with Crippen molar-refractivity contribution in [3.63, 3.8) is 0 Å². The molecule has 0 saturated carbocycles. The van der Waals surface area contributed by atoms with E-state index in [4.69, 9.17) is 26.8 Å². The van der Waals surface area contributed by atoms with Gasteiger partial charge in [0.05, 0.1) is 30.7 Å². The second kappa shape index (κ2) is 7.54. The van der Waals surface area contributed by atoms with Gasteiger partial charge < -0.3 is 24.0 Å². The summed E-state index contributed by atoms with van der Waals surface area (Å²) in [6.07, 6.45) is 0.137. The summed E-state index contributed by atoms with van der Waals surface area (Å²) in [6, 6.07) is 6.69. The summed E-state index contributed by atoms with van der Waals surface area (Å²) in [5.74, 6) is 0.703. The summed E-state index contributed by atoms with van der Waals surface area (Å²) in [6.45, 7) is 4.79. The number of hydrogen-bond acceptors (Lipinski definition) is 8. The van der Waals surface area contributed by atoms with Crippen molar-refractivity contribution in [1.82, 2.24) is 14.7 Å². The molecule has 0 aromatic heterocycles. The number of thiol groups is 1. The SMILES string of the molecule is CC1C(=O)N2[C@@H](c3ccc4c(c3)OCO4)[C@](C#N)(CN3CCOCC3)C[C@]2(S)C(=O)N1C. The van der Waals surface area contributed by atoms with Crippen LogP contribution in [0.5, 0.6) is 11.5 Å². The van der Waals surface area contributed by atoms with Crippen molar-refractivity contribution in [2.24, 2.45) is 5.41 Å². The van der Waals surface area contributed by atoms with E-state index in [1.165, 1.54) is 4.90 Å². The van der Waals surface area contributed by atoms with Crippen molar-refractivity contribution >= 4 is 24.4 Å². The average Bonchev–Trinajstić information content (AvgIpc) is 3.37. The summed E-state index contributed by atoms with van der Waals surface area (Å²) in [5, 5.41) is 10.6. The van der Waals surface area contributed by atoms with Crippen LogP contribution in [-0.2, 0) is 14.3 Å². The molecule has 9 nitrogen and oxygen atoms in total. The zero-order valence-electron chi connectivity index (χ0n) is 18.1. The van der Waals surface area contributed by atoms with E-state index >= 15 is 0 Å². The number of hydrogen-bond donors (Lipinski definition) is 1. The van der Waals surface area contributed by atoms with Gasteiger partial charge in [0.2, 0.25) is 12.7 Å². The van der Waals surface area contributed by atoms with Crippen molar-refractivity contribution in [1.29, 1.82) is 5.26 Å². The smallest absolute Gasteiger partial charge is 0.259 e. The number of benzene rings is 1. The fourth-order valence-electron chi connectivity index (χ4n) is 5.38. The summed E-state index contributed by atoms with van der Waals surface area (Å²) in [5.41, 5.74) is -0.305. The Kier molecular flexibility index (Phi) is 5.04. The Morgan fingerprint density at radius 1 is 1.22 bits per heavy atom. The van der Waals surface area contributed by atoms with Gasteiger partial charge in [0.15, 0.2) is 16.4 Å². The average molecular weight is 459 g/mol. The van der Waals surface area contributed by atoms with Crippen LogP contribution in [0.4, 0.5) is 0 Å². The van der Waals surface area contributed by atoms with E-state index in [1.54, 1.807) is 24.9 Å². The molecule has 0 N–H and O–H groups in total. The number of likely N-dealkylation sites (N-methyl/N-ethyl adjacent to an activating group) is 1. The highest BCUT2D eigenvalue weighted by Crippen LogP contribution is 2.59. The van der Waals surface area contributed by atoms with Gasteiger partial charge in [0.25, 0.3) is 5.91 Å². The monoisotopic (exact) mass is 458 g/mol. The number of nitriles is 1. The molecule has 170 valence electrons. The molecule has 5 rings (SSSR count). The van der Waals surface area contributed by atoms with E-state index < -0.39 is 22.4 Å². The van der Waals surface area contributed by atoms with E-state index in [2.05, 4.69) is 11.0 Å². The Morgan fingerprint density at radius 2 is 1.94 bits per heavy atom. The molecule has 3 fully saturated rings. The molecule has 3 saturated heterocycles. The van der Waals surface area contributed by atoms with Crippen LogP contribution < -0.4 is 9.47 Å². The van der Waals surface area contributed by atoms with Gasteiger partial charge in [0, 0.05) is 33.1 Å². The lowest BCUT2D eigenvalue weighted by Crippen LogP contribution is -2.65. The zero-order chi connectivity index (χ0) is 22.7. The Hall–Kier alpha value is -2.48. The molecule has 32 heavy (non-hydrogen) atoms. The predicted molar refractivity (Wildman–Crippen MR) is 116 cm³/mol. The van der Waals surface area contributed by atoms with Gasteiger partial charge in [-0.05, 0) is 24.6 Å². The fraction of sp³-hybridized carbons (Fsp3) is 0.591. The number of amides is 2. The molecule has 1 aromatic rings. The molecule has 0 spiro atoms. The van der Waals surface area contributed by atoms with Crippen molar-refractivity contribution in [2.75, 3.05) is 46.7 Å². The van der Waals surface area contributed by atoms with Crippen LogP contribution in [0.2, 0.25) is 0 Å². The summed E-state index contributed by atoms with van der Waals surface area (Å²) >= 11 is 4.80. The number of fused-ring (bicyclic) bond motifs is 2.